The SMILES string of the molecule is C=CC(C)C(=O)C(C(=O)Nc1cccc(F)c1)c1cccs1. The summed E-state index contributed by atoms with van der Waals surface area (Å²) in [6, 6.07) is 9.11. The number of benzene rings is 1. The first-order valence-corrected chi connectivity index (χ1v) is 7.67. The van der Waals surface area contributed by atoms with Gasteiger partial charge in [-0.05, 0) is 29.6 Å². The van der Waals surface area contributed by atoms with E-state index in [1.165, 1.54) is 35.6 Å². The van der Waals surface area contributed by atoms with Crippen LogP contribution in [0.3, 0.4) is 0 Å². The Hall–Kier alpha value is -2.27. The van der Waals surface area contributed by atoms with Gasteiger partial charge in [-0.15, -0.1) is 17.9 Å². The Bertz CT molecular complexity index is 682. The number of hydrogen-bond donors (Lipinski definition) is 1. The van der Waals surface area contributed by atoms with E-state index in [4.69, 9.17) is 0 Å². The fourth-order valence-electron chi connectivity index (χ4n) is 2.01. The molecule has 1 aromatic carbocycles. The summed E-state index contributed by atoms with van der Waals surface area (Å²) in [4.78, 5) is 25.6. The summed E-state index contributed by atoms with van der Waals surface area (Å²) >= 11 is 1.34. The monoisotopic (exact) mass is 317 g/mol. The number of anilines is 1. The second kappa shape index (κ2) is 7.13. The summed E-state index contributed by atoms with van der Waals surface area (Å²) < 4.78 is 13.2. The molecule has 2 aromatic rings. The van der Waals surface area contributed by atoms with E-state index in [1.54, 1.807) is 25.1 Å². The van der Waals surface area contributed by atoms with Crippen LogP contribution in [0.15, 0.2) is 54.4 Å². The largest absolute Gasteiger partial charge is 0.325 e. The lowest BCUT2D eigenvalue weighted by Crippen LogP contribution is -2.30. The fraction of sp³-hybridized carbons (Fsp3) is 0.176. The molecular weight excluding hydrogens is 301 g/mol. The number of allylic oxidation sites excluding steroid dienone is 1. The van der Waals surface area contributed by atoms with E-state index in [0.29, 0.717) is 10.6 Å². The van der Waals surface area contributed by atoms with Gasteiger partial charge in [0.1, 0.15) is 11.7 Å². The summed E-state index contributed by atoms with van der Waals surface area (Å²) in [6.07, 6.45) is 1.51. The highest BCUT2D eigenvalue weighted by atomic mass is 32.1. The van der Waals surface area contributed by atoms with E-state index in [-0.39, 0.29) is 5.78 Å². The number of amides is 1. The topological polar surface area (TPSA) is 46.2 Å². The number of carbonyl (C=O) groups excluding carboxylic acids is 2. The molecule has 22 heavy (non-hydrogen) atoms. The zero-order valence-electron chi connectivity index (χ0n) is 12.1. The molecule has 0 bridgehead atoms. The molecule has 1 aromatic heterocycles. The Morgan fingerprint density at radius 1 is 1.32 bits per heavy atom. The van der Waals surface area contributed by atoms with Crippen LogP contribution in [0.1, 0.15) is 17.7 Å². The molecule has 2 rings (SSSR count). The molecule has 0 fully saturated rings. The Morgan fingerprint density at radius 3 is 2.68 bits per heavy atom. The van der Waals surface area contributed by atoms with Gasteiger partial charge in [-0.3, -0.25) is 9.59 Å². The lowest BCUT2D eigenvalue weighted by molar-refractivity contribution is -0.129. The van der Waals surface area contributed by atoms with Crippen molar-refractivity contribution in [2.75, 3.05) is 5.32 Å². The standard InChI is InChI=1S/C17H16FNO2S/c1-3-11(2)16(20)15(14-8-5-9-22-14)17(21)19-13-7-4-6-12(18)10-13/h3-11,15H,1H2,2H3,(H,19,21). The maximum absolute atomic E-state index is 13.2. The molecule has 0 saturated heterocycles. The maximum atomic E-state index is 13.2. The lowest BCUT2D eigenvalue weighted by Gasteiger charge is -2.17. The molecule has 114 valence electrons. The van der Waals surface area contributed by atoms with E-state index in [0.717, 1.165) is 0 Å². The smallest absolute Gasteiger partial charge is 0.240 e. The lowest BCUT2D eigenvalue weighted by atomic mass is 9.92. The average Bonchev–Trinajstić information content (AvgIpc) is 3.00. The zero-order valence-corrected chi connectivity index (χ0v) is 12.9. The van der Waals surface area contributed by atoms with Gasteiger partial charge in [-0.25, -0.2) is 4.39 Å². The molecule has 0 aliphatic heterocycles. The van der Waals surface area contributed by atoms with Crippen molar-refractivity contribution < 1.29 is 14.0 Å². The highest BCUT2D eigenvalue weighted by molar-refractivity contribution is 7.10. The fourth-order valence-corrected chi connectivity index (χ4v) is 2.84. The van der Waals surface area contributed by atoms with Gasteiger partial charge in [0.25, 0.3) is 0 Å². The van der Waals surface area contributed by atoms with Gasteiger partial charge in [0, 0.05) is 16.5 Å². The van der Waals surface area contributed by atoms with Gasteiger partial charge >= 0.3 is 0 Å². The Labute approximate surface area is 132 Å². The molecule has 0 aliphatic carbocycles. The van der Waals surface area contributed by atoms with Crippen molar-refractivity contribution in [1.29, 1.82) is 0 Å². The van der Waals surface area contributed by atoms with Crippen LogP contribution in [-0.2, 0) is 9.59 Å². The van der Waals surface area contributed by atoms with E-state index >= 15 is 0 Å². The number of ketones is 1. The van der Waals surface area contributed by atoms with Gasteiger partial charge in [0.05, 0.1) is 0 Å². The van der Waals surface area contributed by atoms with Crippen molar-refractivity contribution >= 4 is 28.7 Å². The van der Waals surface area contributed by atoms with Gasteiger partial charge in [0.2, 0.25) is 5.91 Å². The van der Waals surface area contributed by atoms with Gasteiger partial charge in [-0.1, -0.05) is 25.1 Å². The molecular formula is C17H16FNO2S. The van der Waals surface area contributed by atoms with Crippen molar-refractivity contribution in [1.82, 2.24) is 0 Å². The molecule has 1 N–H and O–H groups in total. The Balaban J connectivity index is 2.27. The average molecular weight is 317 g/mol. The molecule has 3 nitrogen and oxygen atoms in total. The first-order chi connectivity index (χ1) is 10.5. The maximum Gasteiger partial charge on any atom is 0.240 e. The first kappa shape index (κ1) is 16.1. The molecule has 0 spiro atoms. The van der Waals surface area contributed by atoms with Crippen LogP contribution in [0.25, 0.3) is 0 Å². The Morgan fingerprint density at radius 2 is 2.09 bits per heavy atom. The number of rotatable bonds is 6. The Kier molecular flexibility index (Phi) is 5.22. The minimum absolute atomic E-state index is 0.230. The van der Waals surface area contributed by atoms with Crippen LogP contribution in [0.2, 0.25) is 0 Å². The highest BCUT2D eigenvalue weighted by Gasteiger charge is 2.31. The van der Waals surface area contributed by atoms with Gasteiger partial charge in [-0.2, -0.15) is 0 Å². The van der Waals surface area contributed by atoms with E-state index in [1.807, 2.05) is 5.38 Å². The van der Waals surface area contributed by atoms with E-state index in [9.17, 15) is 14.0 Å². The summed E-state index contributed by atoms with van der Waals surface area (Å²) in [5.74, 6) is -2.50. The number of Topliss-reactive ketones (excluding diaryl/α,β-unsaturated/α-hetero) is 1. The summed E-state index contributed by atoms with van der Waals surface area (Å²) in [6.45, 7) is 5.30. The second-order valence-corrected chi connectivity index (χ2v) is 5.85. The molecule has 0 saturated carbocycles. The van der Waals surface area contributed by atoms with Crippen molar-refractivity contribution in [3.8, 4) is 0 Å². The van der Waals surface area contributed by atoms with Crippen molar-refractivity contribution in [2.45, 2.75) is 12.8 Å². The van der Waals surface area contributed by atoms with Crippen LogP contribution >= 0.6 is 11.3 Å². The minimum atomic E-state index is -0.920. The summed E-state index contributed by atoms with van der Waals surface area (Å²) in [7, 11) is 0. The number of nitrogens with one attached hydrogen (secondary N) is 1. The van der Waals surface area contributed by atoms with Crippen molar-refractivity contribution in [3.63, 3.8) is 0 Å². The molecule has 0 aliphatic rings. The first-order valence-electron chi connectivity index (χ1n) is 6.79. The molecule has 1 heterocycles. The van der Waals surface area contributed by atoms with Crippen LogP contribution in [0.5, 0.6) is 0 Å². The highest BCUT2D eigenvalue weighted by Crippen LogP contribution is 2.27. The predicted molar refractivity (Wildman–Crippen MR) is 86.5 cm³/mol. The molecule has 5 heteroatoms. The second-order valence-electron chi connectivity index (χ2n) is 4.87. The summed E-state index contributed by atoms with van der Waals surface area (Å²) in [5, 5.41) is 4.41. The van der Waals surface area contributed by atoms with Gasteiger partial charge < -0.3 is 5.32 Å². The molecule has 2 unspecified atom stereocenters. The predicted octanol–water partition coefficient (Wildman–Crippen LogP) is 4.00. The van der Waals surface area contributed by atoms with Crippen molar-refractivity contribution in [3.05, 3.63) is 65.1 Å². The molecule has 2 atom stereocenters. The van der Waals surface area contributed by atoms with E-state index < -0.39 is 23.6 Å². The van der Waals surface area contributed by atoms with E-state index in [2.05, 4.69) is 11.9 Å². The number of thiophene rings is 1. The van der Waals surface area contributed by atoms with Crippen LogP contribution in [0, 0.1) is 11.7 Å². The number of halogens is 1. The molecule has 0 radical (unpaired) electrons. The van der Waals surface area contributed by atoms with Gasteiger partial charge in [0.15, 0.2) is 5.78 Å². The quantitative estimate of drug-likeness (QED) is 0.646. The molecule has 1 amide bonds. The number of hydrogen-bond acceptors (Lipinski definition) is 3. The normalized spacial score (nSPS) is 13.2. The third-order valence-electron chi connectivity index (χ3n) is 3.27. The number of carbonyl (C=O) groups is 2. The van der Waals surface area contributed by atoms with Crippen LogP contribution < -0.4 is 5.32 Å². The van der Waals surface area contributed by atoms with Crippen LogP contribution in [-0.4, -0.2) is 11.7 Å². The third kappa shape index (κ3) is 3.68. The van der Waals surface area contributed by atoms with Crippen LogP contribution in [0.4, 0.5) is 10.1 Å². The van der Waals surface area contributed by atoms with Crippen molar-refractivity contribution in [2.24, 2.45) is 5.92 Å². The zero-order chi connectivity index (χ0) is 16.1. The minimum Gasteiger partial charge on any atom is -0.325 e. The third-order valence-corrected chi connectivity index (χ3v) is 4.21. The summed E-state index contributed by atoms with van der Waals surface area (Å²) in [5.41, 5.74) is 0.325.